The fourth-order valence-corrected chi connectivity index (χ4v) is 3.94. The Hall–Kier alpha value is -3.62. The summed E-state index contributed by atoms with van der Waals surface area (Å²) in [5, 5.41) is 4.56. The van der Waals surface area contributed by atoms with Crippen LogP contribution >= 0.6 is 0 Å². The fourth-order valence-electron chi connectivity index (χ4n) is 3.94. The van der Waals surface area contributed by atoms with Gasteiger partial charge in [0.2, 0.25) is 5.95 Å². The van der Waals surface area contributed by atoms with Crippen LogP contribution in [0.25, 0.3) is 17.1 Å². The van der Waals surface area contributed by atoms with Crippen molar-refractivity contribution in [3.8, 4) is 11.7 Å². The Kier molecular flexibility index (Phi) is 5.50. The quantitative estimate of drug-likeness (QED) is 0.463. The van der Waals surface area contributed by atoms with Crippen molar-refractivity contribution in [2.75, 3.05) is 7.11 Å². The highest BCUT2D eigenvalue weighted by molar-refractivity contribution is 5.72. The lowest BCUT2D eigenvalue weighted by Crippen LogP contribution is -2.40. The van der Waals surface area contributed by atoms with Crippen molar-refractivity contribution in [1.29, 1.82) is 0 Å². The van der Waals surface area contributed by atoms with E-state index < -0.39 is 5.69 Å². The molecule has 3 aromatic heterocycles. The fraction of sp³-hybridized carbons (Fsp3) is 0.391. The van der Waals surface area contributed by atoms with Crippen LogP contribution in [-0.4, -0.2) is 35.6 Å². The minimum atomic E-state index is -0.410. The minimum Gasteiger partial charge on any atom is -0.497 e. The highest BCUT2D eigenvalue weighted by Crippen LogP contribution is 2.19. The second kappa shape index (κ2) is 8.14. The molecular formula is C23H28N6O3. The summed E-state index contributed by atoms with van der Waals surface area (Å²) in [7, 11) is 3.24. The molecule has 1 aromatic carbocycles. The number of ether oxygens (including phenoxy) is 1. The Morgan fingerprint density at radius 2 is 1.75 bits per heavy atom. The van der Waals surface area contributed by atoms with Crippen LogP contribution < -0.4 is 16.0 Å². The number of hydrogen-bond acceptors (Lipinski definition) is 5. The topological polar surface area (TPSA) is 88.9 Å². The van der Waals surface area contributed by atoms with E-state index in [4.69, 9.17) is 9.72 Å². The van der Waals surface area contributed by atoms with Gasteiger partial charge < -0.3 is 9.30 Å². The maximum atomic E-state index is 13.6. The molecule has 0 amide bonds. The van der Waals surface area contributed by atoms with Crippen LogP contribution in [0.2, 0.25) is 0 Å². The zero-order chi connectivity index (χ0) is 23.2. The van der Waals surface area contributed by atoms with Crippen molar-refractivity contribution in [2.24, 2.45) is 13.0 Å². The number of rotatable bonds is 6. The van der Waals surface area contributed by atoms with Crippen molar-refractivity contribution in [3.05, 3.63) is 68.1 Å². The van der Waals surface area contributed by atoms with Gasteiger partial charge in [-0.25, -0.2) is 9.48 Å². The molecular weight excluding hydrogens is 408 g/mol. The second-order valence-corrected chi connectivity index (χ2v) is 8.51. The average molecular weight is 437 g/mol. The summed E-state index contributed by atoms with van der Waals surface area (Å²) in [5.74, 6) is 1.51. The first kappa shape index (κ1) is 21.6. The van der Waals surface area contributed by atoms with Gasteiger partial charge in [0, 0.05) is 19.3 Å². The Labute approximate surface area is 185 Å². The Morgan fingerprint density at radius 3 is 2.31 bits per heavy atom. The molecule has 168 valence electrons. The number of benzene rings is 1. The molecule has 0 aliphatic heterocycles. The minimum absolute atomic E-state index is 0.160. The molecule has 0 radical (unpaired) electrons. The Balaban J connectivity index is 1.97. The van der Waals surface area contributed by atoms with Crippen molar-refractivity contribution in [2.45, 2.75) is 40.8 Å². The van der Waals surface area contributed by atoms with Gasteiger partial charge in [-0.1, -0.05) is 26.0 Å². The number of hydrogen-bond donors (Lipinski definition) is 0. The molecule has 0 saturated heterocycles. The maximum Gasteiger partial charge on any atom is 0.332 e. The Bertz CT molecular complexity index is 1400. The second-order valence-electron chi connectivity index (χ2n) is 8.51. The van der Waals surface area contributed by atoms with Gasteiger partial charge in [0.15, 0.2) is 11.2 Å². The Morgan fingerprint density at radius 1 is 1.06 bits per heavy atom. The molecule has 0 bridgehead atoms. The van der Waals surface area contributed by atoms with Gasteiger partial charge in [-0.15, -0.1) is 0 Å². The molecule has 32 heavy (non-hydrogen) atoms. The molecule has 4 aromatic rings. The summed E-state index contributed by atoms with van der Waals surface area (Å²) < 4.78 is 11.5. The smallest absolute Gasteiger partial charge is 0.332 e. The van der Waals surface area contributed by atoms with Crippen LogP contribution in [0.1, 0.15) is 30.8 Å². The first-order valence-electron chi connectivity index (χ1n) is 10.6. The van der Waals surface area contributed by atoms with Gasteiger partial charge in [0.25, 0.3) is 5.56 Å². The summed E-state index contributed by atoms with van der Waals surface area (Å²) >= 11 is 0. The summed E-state index contributed by atoms with van der Waals surface area (Å²) in [6.45, 7) is 8.74. The van der Waals surface area contributed by atoms with Crippen LogP contribution in [0.4, 0.5) is 0 Å². The molecule has 0 N–H and O–H groups in total. The van der Waals surface area contributed by atoms with E-state index in [0.29, 0.717) is 29.4 Å². The van der Waals surface area contributed by atoms with E-state index in [1.807, 2.05) is 48.7 Å². The summed E-state index contributed by atoms with van der Waals surface area (Å²) in [6, 6.07) is 9.28. The lowest BCUT2D eigenvalue weighted by atomic mass is 10.2. The number of nitrogens with zero attached hydrogens (tertiary/aromatic N) is 6. The van der Waals surface area contributed by atoms with E-state index in [1.165, 1.54) is 9.13 Å². The van der Waals surface area contributed by atoms with Gasteiger partial charge in [-0.3, -0.25) is 13.9 Å². The normalized spacial score (nSPS) is 11.6. The number of aromatic nitrogens is 6. The summed E-state index contributed by atoms with van der Waals surface area (Å²) in [6.07, 6.45) is 0. The van der Waals surface area contributed by atoms with Crippen LogP contribution in [0, 0.1) is 19.8 Å². The molecule has 0 saturated carbocycles. The number of aryl methyl sites for hydroxylation is 3. The predicted molar refractivity (Wildman–Crippen MR) is 123 cm³/mol. The van der Waals surface area contributed by atoms with E-state index in [1.54, 1.807) is 18.8 Å². The van der Waals surface area contributed by atoms with Crippen molar-refractivity contribution in [3.63, 3.8) is 0 Å². The lowest BCUT2D eigenvalue weighted by molar-refractivity contribution is 0.414. The molecule has 0 unspecified atom stereocenters. The highest BCUT2D eigenvalue weighted by atomic mass is 16.5. The van der Waals surface area contributed by atoms with E-state index in [-0.39, 0.29) is 18.0 Å². The SMILES string of the molecule is COc1ccc(Cn2c(=O)c3c(nc(-n4nc(C)cc4C)n3CC(C)C)n(C)c2=O)cc1. The predicted octanol–water partition coefficient (Wildman–Crippen LogP) is 2.41. The lowest BCUT2D eigenvalue weighted by Gasteiger charge is -2.13. The molecule has 0 spiro atoms. The van der Waals surface area contributed by atoms with E-state index in [9.17, 15) is 9.59 Å². The zero-order valence-electron chi connectivity index (χ0n) is 19.3. The van der Waals surface area contributed by atoms with Gasteiger partial charge in [-0.2, -0.15) is 10.1 Å². The van der Waals surface area contributed by atoms with Gasteiger partial charge in [-0.05, 0) is 43.5 Å². The monoisotopic (exact) mass is 436 g/mol. The zero-order valence-corrected chi connectivity index (χ0v) is 19.3. The van der Waals surface area contributed by atoms with Crippen LogP contribution in [0.5, 0.6) is 5.75 Å². The van der Waals surface area contributed by atoms with Crippen LogP contribution in [0.15, 0.2) is 39.9 Å². The summed E-state index contributed by atoms with van der Waals surface area (Å²) in [4.78, 5) is 31.4. The third-order valence-electron chi connectivity index (χ3n) is 5.46. The van der Waals surface area contributed by atoms with Crippen molar-refractivity contribution in [1.82, 2.24) is 28.5 Å². The van der Waals surface area contributed by atoms with Crippen LogP contribution in [-0.2, 0) is 20.1 Å². The molecule has 0 fully saturated rings. The molecule has 0 aliphatic rings. The van der Waals surface area contributed by atoms with Crippen LogP contribution in [0.3, 0.4) is 0 Å². The number of imidazole rings is 1. The van der Waals surface area contributed by atoms with Gasteiger partial charge in [0.05, 0.1) is 19.3 Å². The van der Waals surface area contributed by atoms with E-state index in [0.717, 1.165) is 17.0 Å². The largest absolute Gasteiger partial charge is 0.497 e. The van der Waals surface area contributed by atoms with Gasteiger partial charge >= 0.3 is 5.69 Å². The molecule has 4 rings (SSSR count). The standard InChI is InChI=1S/C23H28N6O3/c1-14(2)12-27-19-20(24-22(27)29-16(4)11-15(3)25-29)26(5)23(31)28(21(19)30)13-17-7-9-18(32-6)10-8-17/h7-11,14H,12-13H2,1-6H3. The maximum absolute atomic E-state index is 13.6. The average Bonchev–Trinajstić information content (AvgIpc) is 3.28. The molecule has 9 nitrogen and oxygen atoms in total. The molecule has 0 atom stereocenters. The van der Waals surface area contributed by atoms with E-state index >= 15 is 0 Å². The number of methoxy groups -OCH3 is 1. The molecule has 9 heteroatoms. The third-order valence-corrected chi connectivity index (χ3v) is 5.46. The number of fused-ring (bicyclic) bond motifs is 1. The molecule has 0 aliphatic carbocycles. The van der Waals surface area contributed by atoms with E-state index in [2.05, 4.69) is 18.9 Å². The van der Waals surface area contributed by atoms with Crippen molar-refractivity contribution >= 4 is 11.2 Å². The van der Waals surface area contributed by atoms with Crippen molar-refractivity contribution < 1.29 is 4.74 Å². The highest BCUT2D eigenvalue weighted by Gasteiger charge is 2.23. The van der Waals surface area contributed by atoms with Gasteiger partial charge in [0.1, 0.15) is 5.75 Å². The summed E-state index contributed by atoms with van der Waals surface area (Å²) in [5.41, 5.74) is 2.58. The first-order valence-corrected chi connectivity index (χ1v) is 10.6. The third kappa shape index (κ3) is 3.63. The molecule has 3 heterocycles. The first-order chi connectivity index (χ1) is 15.2.